The van der Waals surface area contributed by atoms with Gasteiger partial charge in [0.1, 0.15) is 5.69 Å². The quantitative estimate of drug-likeness (QED) is 0.509. The van der Waals surface area contributed by atoms with Crippen molar-refractivity contribution in [3.8, 4) is 11.3 Å². The number of nitrogens with two attached hydrogens (primary N) is 1. The molecule has 3 fully saturated rings. The maximum atomic E-state index is 13.9. The molecule has 2 aromatic rings. The zero-order valence-electron chi connectivity index (χ0n) is 23.3. The van der Waals surface area contributed by atoms with Crippen LogP contribution >= 0.6 is 0 Å². The minimum Gasteiger partial charge on any atom is -0.379 e. The molecule has 4 heterocycles. The molecule has 214 valence electrons. The molecular weight excluding hydrogens is 512 g/mol. The molecule has 0 unspecified atom stereocenters. The number of hydrogen-bond donors (Lipinski definition) is 2. The van der Waals surface area contributed by atoms with E-state index in [2.05, 4.69) is 29.2 Å². The second-order valence-electron chi connectivity index (χ2n) is 11.3. The molecule has 3 N–H and O–H groups in total. The van der Waals surface area contributed by atoms with Crippen LogP contribution in [0.4, 0.5) is 15.3 Å². The van der Waals surface area contributed by atoms with Crippen LogP contribution < -0.4 is 10.7 Å². The first kappa shape index (κ1) is 26.7. The molecule has 4 amide bonds. The molecule has 12 heteroatoms. The van der Waals surface area contributed by atoms with E-state index in [1.807, 2.05) is 26.9 Å². The minimum absolute atomic E-state index is 0.0907. The highest BCUT2D eigenvalue weighted by atomic mass is 16.5. The van der Waals surface area contributed by atoms with Gasteiger partial charge < -0.3 is 25.2 Å². The molecule has 1 aliphatic carbocycles. The minimum atomic E-state index is -0.641. The van der Waals surface area contributed by atoms with Crippen molar-refractivity contribution < 1.29 is 19.1 Å². The van der Waals surface area contributed by atoms with Gasteiger partial charge in [-0.3, -0.25) is 9.89 Å². The van der Waals surface area contributed by atoms with Gasteiger partial charge in [-0.15, -0.1) is 0 Å². The lowest BCUT2D eigenvalue weighted by molar-refractivity contribution is 0.0364. The van der Waals surface area contributed by atoms with Crippen LogP contribution in [-0.4, -0.2) is 120 Å². The van der Waals surface area contributed by atoms with Crippen LogP contribution in [0.3, 0.4) is 0 Å². The number of rotatable bonds is 4. The molecule has 1 aromatic carbocycles. The largest absolute Gasteiger partial charge is 0.379 e. The number of piperidine rings is 2. The summed E-state index contributed by atoms with van der Waals surface area (Å²) in [4.78, 5) is 45.9. The fourth-order valence-corrected chi connectivity index (χ4v) is 6.65. The van der Waals surface area contributed by atoms with E-state index in [1.54, 1.807) is 6.07 Å². The summed E-state index contributed by atoms with van der Waals surface area (Å²) in [6, 6.07) is 5.46. The molecule has 0 spiro atoms. The Labute approximate surface area is 234 Å². The Bertz CT molecular complexity index is 1290. The summed E-state index contributed by atoms with van der Waals surface area (Å²) in [6.07, 6.45) is 3.51. The van der Waals surface area contributed by atoms with Crippen LogP contribution in [0.5, 0.6) is 0 Å². The van der Waals surface area contributed by atoms with E-state index < -0.39 is 6.03 Å². The molecule has 0 saturated carbocycles. The zero-order chi connectivity index (χ0) is 28.0. The number of fused-ring (bicyclic) bond motifs is 3. The van der Waals surface area contributed by atoms with Crippen molar-refractivity contribution in [3.63, 3.8) is 0 Å². The third kappa shape index (κ3) is 4.63. The molecule has 1 aromatic heterocycles. The van der Waals surface area contributed by atoms with Crippen molar-refractivity contribution in [1.82, 2.24) is 29.9 Å². The third-order valence-electron chi connectivity index (χ3n) is 8.89. The van der Waals surface area contributed by atoms with Gasteiger partial charge in [0, 0.05) is 56.8 Å². The lowest BCUT2D eigenvalue weighted by Crippen LogP contribution is -2.54. The molecular formula is C28H38N8O4. The van der Waals surface area contributed by atoms with Gasteiger partial charge >= 0.3 is 12.1 Å². The van der Waals surface area contributed by atoms with E-state index in [-0.39, 0.29) is 17.7 Å². The van der Waals surface area contributed by atoms with E-state index in [9.17, 15) is 14.4 Å². The smallest absolute Gasteiger partial charge is 0.334 e. The molecule has 0 bridgehead atoms. The Morgan fingerprint density at radius 3 is 2.25 bits per heavy atom. The second-order valence-corrected chi connectivity index (χ2v) is 11.3. The van der Waals surface area contributed by atoms with Gasteiger partial charge in [0.2, 0.25) is 0 Å². The second kappa shape index (κ2) is 10.8. The highest BCUT2D eigenvalue weighted by Gasteiger charge is 2.40. The molecule has 0 radical (unpaired) electrons. The topological polar surface area (TPSA) is 131 Å². The van der Waals surface area contributed by atoms with Crippen LogP contribution in [0.25, 0.3) is 11.3 Å². The van der Waals surface area contributed by atoms with Crippen molar-refractivity contribution >= 4 is 23.5 Å². The maximum absolute atomic E-state index is 13.9. The molecule has 3 aliphatic heterocycles. The molecule has 6 rings (SSSR count). The highest BCUT2D eigenvalue weighted by molar-refractivity contribution is 6.25. The number of ether oxygens (including phenoxy) is 1. The van der Waals surface area contributed by atoms with Gasteiger partial charge in [0.05, 0.1) is 35.7 Å². The molecule has 0 atom stereocenters. The Morgan fingerprint density at radius 1 is 0.975 bits per heavy atom. The number of urea groups is 2. The average Bonchev–Trinajstić information content (AvgIpc) is 3.53. The first-order valence-electron chi connectivity index (χ1n) is 14.2. The lowest BCUT2D eigenvalue weighted by Gasteiger charge is -2.39. The number of carbonyl (C=O) groups excluding carboxylic acids is 3. The van der Waals surface area contributed by atoms with E-state index in [4.69, 9.17) is 10.5 Å². The fourth-order valence-electron chi connectivity index (χ4n) is 6.65. The number of H-pyrrole nitrogens is 1. The van der Waals surface area contributed by atoms with Crippen LogP contribution in [0.2, 0.25) is 0 Å². The number of hydrogen-bond acceptors (Lipinski definition) is 7. The van der Waals surface area contributed by atoms with E-state index in [1.165, 1.54) is 5.01 Å². The standard InChI is InChI=1S/C28H38N8O4/c1-32(2)19-8-12-34(13-9-19)28(39)33-10-6-18(7-11-33)24-23-25(31-30-24)20-4-3-5-21(22(20)26(23)37)36(27(29)38)35-14-16-40-17-15-35/h3-5,18-19H,6-17H2,1-2H3,(H2,29,38)(H,30,31). The van der Waals surface area contributed by atoms with Gasteiger partial charge in [-0.05, 0) is 45.8 Å². The summed E-state index contributed by atoms with van der Waals surface area (Å²) < 4.78 is 5.44. The molecule has 12 nitrogen and oxygen atoms in total. The molecule has 40 heavy (non-hydrogen) atoms. The summed E-state index contributed by atoms with van der Waals surface area (Å²) in [5.41, 5.74) is 9.45. The summed E-state index contributed by atoms with van der Waals surface area (Å²) in [5, 5.41) is 10.9. The van der Waals surface area contributed by atoms with Crippen LogP contribution in [0, 0.1) is 0 Å². The molecule has 4 aliphatic rings. The first-order chi connectivity index (χ1) is 19.3. The summed E-state index contributed by atoms with van der Waals surface area (Å²) >= 11 is 0. The number of aromatic amines is 1. The summed E-state index contributed by atoms with van der Waals surface area (Å²) in [6.45, 7) is 4.83. The number of hydrazine groups is 1. The number of likely N-dealkylation sites (tertiary alicyclic amines) is 2. The van der Waals surface area contributed by atoms with Crippen molar-refractivity contribution in [3.05, 3.63) is 35.0 Å². The highest BCUT2D eigenvalue weighted by Crippen LogP contribution is 2.44. The van der Waals surface area contributed by atoms with Crippen molar-refractivity contribution in [2.45, 2.75) is 37.6 Å². The average molecular weight is 551 g/mol. The number of ketones is 1. The lowest BCUT2D eigenvalue weighted by atomic mass is 9.90. The number of aromatic nitrogens is 2. The SMILES string of the molecule is CN(C)C1CCN(C(=O)N2CCC(c3[nH]nc4c3C(=O)c3c-4cccc3N(C(N)=O)N3CCOCC3)CC2)CC1. The fraction of sp³-hybridized carbons (Fsp3) is 0.571. The van der Waals surface area contributed by atoms with E-state index in [0.29, 0.717) is 73.5 Å². The number of morpholine rings is 1. The van der Waals surface area contributed by atoms with Crippen LogP contribution in [-0.2, 0) is 4.74 Å². The number of primary amides is 1. The Morgan fingerprint density at radius 2 is 1.62 bits per heavy atom. The normalized spacial score (nSPS) is 20.6. The maximum Gasteiger partial charge on any atom is 0.334 e. The number of nitrogens with one attached hydrogen (secondary N) is 1. The van der Waals surface area contributed by atoms with Crippen molar-refractivity contribution in [2.75, 3.05) is 71.6 Å². The number of nitrogens with zero attached hydrogens (tertiary/aromatic N) is 6. The van der Waals surface area contributed by atoms with Crippen molar-refractivity contribution in [1.29, 1.82) is 0 Å². The predicted octanol–water partition coefficient (Wildman–Crippen LogP) is 2.08. The van der Waals surface area contributed by atoms with Crippen LogP contribution in [0.1, 0.15) is 53.2 Å². The number of amides is 4. The van der Waals surface area contributed by atoms with E-state index in [0.717, 1.165) is 44.5 Å². The van der Waals surface area contributed by atoms with Gasteiger partial charge in [0.15, 0.2) is 5.78 Å². The number of anilines is 1. The Balaban J connectivity index is 1.17. The zero-order valence-corrected chi connectivity index (χ0v) is 23.3. The third-order valence-corrected chi connectivity index (χ3v) is 8.89. The summed E-state index contributed by atoms with van der Waals surface area (Å²) in [7, 11) is 4.20. The Hall–Kier alpha value is -3.48. The Kier molecular flexibility index (Phi) is 7.24. The summed E-state index contributed by atoms with van der Waals surface area (Å²) in [5.74, 6) is -0.0564. The van der Waals surface area contributed by atoms with Crippen LogP contribution in [0.15, 0.2) is 18.2 Å². The van der Waals surface area contributed by atoms with Crippen molar-refractivity contribution in [2.24, 2.45) is 5.73 Å². The monoisotopic (exact) mass is 550 g/mol. The van der Waals surface area contributed by atoms with Gasteiger partial charge in [-0.25, -0.2) is 19.6 Å². The number of carbonyl (C=O) groups is 3. The van der Waals surface area contributed by atoms with Gasteiger partial charge in [0.25, 0.3) is 0 Å². The van der Waals surface area contributed by atoms with E-state index >= 15 is 0 Å². The van der Waals surface area contributed by atoms with Gasteiger partial charge in [-0.2, -0.15) is 5.10 Å². The van der Waals surface area contributed by atoms with Gasteiger partial charge in [-0.1, -0.05) is 12.1 Å². The first-order valence-corrected chi connectivity index (χ1v) is 14.2. The predicted molar refractivity (Wildman–Crippen MR) is 149 cm³/mol. The number of benzene rings is 1. The molecule has 3 saturated heterocycles.